The van der Waals surface area contributed by atoms with Crippen molar-refractivity contribution >= 4 is 11.5 Å². The number of ether oxygens (including phenoxy) is 1. The summed E-state index contributed by atoms with van der Waals surface area (Å²) in [7, 11) is 1.91. The van der Waals surface area contributed by atoms with Gasteiger partial charge < -0.3 is 15.8 Å². The average molecular weight is 267 g/mol. The first-order chi connectivity index (χ1) is 9.15. The number of aryl methyl sites for hydroxylation is 2. The van der Waals surface area contributed by atoms with Crippen molar-refractivity contribution in [2.24, 2.45) is 7.05 Å². The van der Waals surface area contributed by atoms with Gasteiger partial charge in [-0.1, -0.05) is 13.8 Å². The van der Waals surface area contributed by atoms with E-state index in [4.69, 9.17) is 10.5 Å². The van der Waals surface area contributed by atoms with E-state index in [1.165, 1.54) is 0 Å². The van der Waals surface area contributed by atoms with Gasteiger partial charge in [-0.25, -0.2) is 0 Å². The van der Waals surface area contributed by atoms with Crippen molar-refractivity contribution in [1.29, 1.82) is 0 Å². The maximum Gasteiger partial charge on any atom is 0.147 e. The second kappa shape index (κ2) is 6.25. The van der Waals surface area contributed by atoms with Crippen LogP contribution in [-0.4, -0.2) is 53.6 Å². The van der Waals surface area contributed by atoms with Gasteiger partial charge in [0.15, 0.2) is 0 Å². The molecule has 0 bridgehead atoms. The van der Waals surface area contributed by atoms with Gasteiger partial charge in [-0.3, -0.25) is 9.58 Å². The van der Waals surface area contributed by atoms with E-state index < -0.39 is 0 Å². The van der Waals surface area contributed by atoms with E-state index in [-0.39, 0.29) is 6.10 Å². The molecular formula is C13H25N5O. The van der Waals surface area contributed by atoms with E-state index in [2.05, 4.69) is 29.2 Å². The van der Waals surface area contributed by atoms with Crippen LogP contribution < -0.4 is 11.1 Å². The molecule has 0 aliphatic carbocycles. The number of nitrogens with two attached hydrogens (primary N) is 1. The summed E-state index contributed by atoms with van der Waals surface area (Å²) in [5.41, 5.74) is 7.79. The molecule has 0 aromatic carbocycles. The fraction of sp³-hybridized carbons (Fsp3) is 0.769. The van der Waals surface area contributed by atoms with Crippen LogP contribution in [0.1, 0.15) is 19.5 Å². The van der Waals surface area contributed by atoms with Crippen LogP contribution in [0.25, 0.3) is 0 Å². The highest BCUT2D eigenvalue weighted by atomic mass is 16.5. The Hall–Kier alpha value is -1.27. The SMILES string of the molecule is CCc1nn(C)c(NCC2CN(CC)CCO2)c1N. The van der Waals surface area contributed by atoms with Gasteiger partial charge in [0.05, 0.1) is 24.1 Å². The van der Waals surface area contributed by atoms with Crippen molar-refractivity contribution in [3.8, 4) is 0 Å². The molecule has 0 saturated carbocycles. The van der Waals surface area contributed by atoms with Crippen LogP contribution in [0.3, 0.4) is 0 Å². The number of rotatable bonds is 5. The van der Waals surface area contributed by atoms with Crippen LogP contribution in [0, 0.1) is 0 Å². The van der Waals surface area contributed by atoms with E-state index in [0.29, 0.717) is 0 Å². The van der Waals surface area contributed by atoms with E-state index in [1.54, 1.807) is 0 Å². The molecule has 1 aromatic heterocycles. The minimum Gasteiger partial charge on any atom is -0.394 e. The third-order valence-corrected chi connectivity index (χ3v) is 3.66. The zero-order valence-electron chi connectivity index (χ0n) is 12.1. The Morgan fingerprint density at radius 2 is 2.26 bits per heavy atom. The molecular weight excluding hydrogens is 242 g/mol. The molecule has 1 fully saturated rings. The van der Waals surface area contributed by atoms with Crippen molar-refractivity contribution in [2.45, 2.75) is 26.4 Å². The summed E-state index contributed by atoms with van der Waals surface area (Å²) in [6.07, 6.45) is 1.07. The summed E-state index contributed by atoms with van der Waals surface area (Å²) in [5, 5.41) is 7.78. The van der Waals surface area contributed by atoms with Gasteiger partial charge in [0.2, 0.25) is 0 Å². The van der Waals surface area contributed by atoms with Gasteiger partial charge in [-0.15, -0.1) is 0 Å². The number of likely N-dealkylation sites (N-methyl/N-ethyl adjacent to an activating group) is 1. The number of hydrogen-bond donors (Lipinski definition) is 2. The zero-order chi connectivity index (χ0) is 13.8. The first-order valence-corrected chi connectivity index (χ1v) is 7.04. The number of nitrogens with one attached hydrogen (secondary N) is 1. The number of nitrogens with zero attached hydrogens (tertiary/aromatic N) is 3. The number of anilines is 2. The van der Waals surface area contributed by atoms with Crippen molar-refractivity contribution in [3.05, 3.63) is 5.69 Å². The lowest BCUT2D eigenvalue weighted by Gasteiger charge is -2.32. The monoisotopic (exact) mass is 267 g/mol. The van der Waals surface area contributed by atoms with Gasteiger partial charge in [0.25, 0.3) is 0 Å². The molecule has 0 amide bonds. The van der Waals surface area contributed by atoms with Crippen LogP contribution >= 0.6 is 0 Å². The van der Waals surface area contributed by atoms with E-state index in [1.807, 2.05) is 11.7 Å². The molecule has 1 atom stereocenters. The molecule has 1 saturated heterocycles. The minimum atomic E-state index is 0.216. The third kappa shape index (κ3) is 3.19. The lowest BCUT2D eigenvalue weighted by Crippen LogP contribution is -2.45. The van der Waals surface area contributed by atoms with Crippen molar-refractivity contribution in [1.82, 2.24) is 14.7 Å². The van der Waals surface area contributed by atoms with Gasteiger partial charge in [-0.2, -0.15) is 5.10 Å². The van der Waals surface area contributed by atoms with Gasteiger partial charge in [0, 0.05) is 26.7 Å². The largest absolute Gasteiger partial charge is 0.394 e. The summed E-state index contributed by atoms with van der Waals surface area (Å²) < 4.78 is 7.58. The highest BCUT2D eigenvalue weighted by molar-refractivity contribution is 5.65. The van der Waals surface area contributed by atoms with E-state index in [0.717, 1.165) is 56.4 Å². The maximum absolute atomic E-state index is 6.09. The van der Waals surface area contributed by atoms with Crippen molar-refractivity contribution in [2.75, 3.05) is 43.8 Å². The second-order valence-electron chi connectivity index (χ2n) is 4.95. The zero-order valence-corrected chi connectivity index (χ0v) is 12.1. The van der Waals surface area contributed by atoms with Crippen LogP contribution in [0.4, 0.5) is 11.5 Å². The first kappa shape index (κ1) is 14.1. The molecule has 0 spiro atoms. The molecule has 1 unspecified atom stereocenters. The van der Waals surface area contributed by atoms with Crippen LogP contribution in [0.5, 0.6) is 0 Å². The van der Waals surface area contributed by atoms with Gasteiger partial charge in [-0.05, 0) is 13.0 Å². The molecule has 6 heteroatoms. The summed E-state index contributed by atoms with van der Waals surface area (Å²) >= 11 is 0. The van der Waals surface area contributed by atoms with Crippen molar-refractivity contribution < 1.29 is 4.74 Å². The summed E-state index contributed by atoms with van der Waals surface area (Å²) in [5.74, 6) is 0.897. The summed E-state index contributed by atoms with van der Waals surface area (Å²) in [6, 6.07) is 0. The van der Waals surface area contributed by atoms with E-state index >= 15 is 0 Å². The Morgan fingerprint density at radius 1 is 1.47 bits per heavy atom. The molecule has 1 aliphatic rings. The fourth-order valence-corrected chi connectivity index (χ4v) is 2.47. The first-order valence-electron chi connectivity index (χ1n) is 7.04. The highest BCUT2D eigenvalue weighted by Gasteiger charge is 2.20. The third-order valence-electron chi connectivity index (χ3n) is 3.66. The molecule has 19 heavy (non-hydrogen) atoms. The smallest absolute Gasteiger partial charge is 0.147 e. The Morgan fingerprint density at radius 3 is 2.89 bits per heavy atom. The highest BCUT2D eigenvalue weighted by Crippen LogP contribution is 2.22. The molecule has 2 rings (SSSR count). The predicted molar refractivity (Wildman–Crippen MR) is 77.3 cm³/mol. The second-order valence-corrected chi connectivity index (χ2v) is 4.95. The normalized spacial score (nSPS) is 20.7. The Kier molecular flexibility index (Phi) is 4.66. The van der Waals surface area contributed by atoms with Crippen LogP contribution in [0.2, 0.25) is 0 Å². The Balaban J connectivity index is 1.93. The quantitative estimate of drug-likeness (QED) is 0.822. The molecule has 1 aromatic rings. The number of nitrogen functional groups attached to an aromatic ring is 1. The van der Waals surface area contributed by atoms with Crippen molar-refractivity contribution in [3.63, 3.8) is 0 Å². The predicted octanol–water partition coefficient (Wildman–Crippen LogP) is 0.697. The standard InChI is InChI=1S/C13H25N5O/c1-4-11-12(14)13(17(3)16-11)15-8-10-9-18(5-2)6-7-19-10/h10,15H,4-9,14H2,1-3H3. The summed E-state index contributed by atoms with van der Waals surface area (Å²) in [4.78, 5) is 2.40. The number of aromatic nitrogens is 2. The summed E-state index contributed by atoms with van der Waals surface area (Å²) in [6.45, 7) is 8.90. The topological polar surface area (TPSA) is 68.3 Å². The minimum absolute atomic E-state index is 0.216. The fourth-order valence-electron chi connectivity index (χ4n) is 2.47. The average Bonchev–Trinajstić information content (AvgIpc) is 2.71. The molecule has 3 N–H and O–H groups in total. The molecule has 6 nitrogen and oxygen atoms in total. The number of hydrogen-bond acceptors (Lipinski definition) is 5. The molecule has 2 heterocycles. The van der Waals surface area contributed by atoms with E-state index in [9.17, 15) is 0 Å². The lowest BCUT2D eigenvalue weighted by molar-refractivity contribution is -0.0192. The molecule has 108 valence electrons. The number of morpholine rings is 1. The van der Waals surface area contributed by atoms with Crippen LogP contribution in [0.15, 0.2) is 0 Å². The maximum atomic E-state index is 6.09. The lowest BCUT2D eigenvalue weighted by atomic mass is 10.2. The molecule has 0 radical (unpaired) electrons. The Labute approximate surface area is 114 Å². The van der Waals surface area contributed by atoms with Crippen LogP contribution in [-0.2, 0) is 18.2 Å². The van der Waals surface area contributed by atoms with Gasteiger partial charge in [0.1, 0.15) is 5.82 Å². The Bertz CT molecular complexity index is 417. The molecule has 1 aliphatic heterocycles. The van der Waals surface area contributed by atoms with Gasteiger partial charge >= 0.3 is 0 Å².